The van der Waals surface area contributed by atoms with Gasteiger partial charge in [-0.2, -0.15) is 0 Å². The molecule has 0 atom stereocenters. The minimum absolute atomic E-state index is 0.0176. The second-order valence-corrected chi connectivity index (χ2v) is 3.57. The third kappa shape index (κ3) is 2.05. The van der Waals surface area contributed by atoms with E-state index in [-0.39, 0.29) is 11.5 Å². The minimum atomic E-state index is -0.591. The Bertz CT molecular complexity index is 630. The molecule has 0 unspecified atom stereocenters. The largest absolute Gasteiger partial charge is 0.391 e. The second-order valence-electron chi connectivity index (χ2n) is 3.57. The van der Waals surface area contributed by atoms with Crippen molar-refractivity contribution in [1.29, 1.82) is 0 Å². The van der Waals surface area contributed by atoms with Gasteiger partial charge < -0.3 is 10.6 Å². The van der Waals surface area contributed by atoms with E-state index in [9.17, 15) is 9.59 Å². The fourth-order valence-corrected chi connectivity index (χ4v) is 1.53. The zero-order chi connectivity index (χ0) is 12.4. The normalized spacial score (nSPS) is 10.2. The molecule has 1 aromatic carbocycles. The van der Waals surface area contributed by atoms with Crippen LogP contribution in [0, 0.1) is 0 Å². The Kier molecular flexibility index (Phi) is 2.70. The summed E-state index contributed by atoms with van der Waals surface area (Å²) >= 11 is 0. The van der Waals surface area contributed by atoms with Gasteiger partial charge in [0.2, 0.25) is 0 Å². The molecule has 0 saturated heterocycles. The average Bonchev–Trinajstić information content (AvgIpc) is 2.34. The molecule has 4 N–H and O–H groups in total. The van der Waals surface area contributed by atoms with Crippen LogP contribution in [0.3, 0.4) is 0 Å². The molecule has 6 nitrogen and oxygen atoms in total. The number of para-hydroxylation sites is 1. The van der Waals surface area contributed by atoms with Crippen molar-refractivity contribution in [2.75, 3.05) is 17.7 Å². The fourth-order valence-electron chi connectivity index (χ4n) is 1.53. The highest BCUT2D eigenvalue weighted by molar-refractivity contribution is 5.69. The summed E-state index contributed by atoms with van der Waals surface area (Å²) in [5.41, 5.74) is 5.26. The van der Waals surface area contributed by atoms with Gasteiger partial charge in [-0.15, -0.1) is 0 Å². The van der Waals surface area contributed by atoms with Crippen LogP contribution >= 0.6 is 0 Å². The van der Waals surface area contributed by atoms with Crippen LogP contribution in [0.4, 0.5) is 17.2 Å². The van der Waals surface area contributed by atoms with Crippen molar-refractivity contribution in [2.24, 2.45) is 0 Å². The van der Waals surface area contributed by atoms with E-state index in [1.54, 1.807) is 11.9 Å². The van der Waals surface area contributed by atoms with E-state index >= 15 is 0 Å². The molecule has 2 rings (SSSR count). The van der Waals surface area contributed by atoms with Crippen molar-refractivity contribution >= 4 is 17.2 Å². The Balaban J connectivity index is 2.55. The molecule has 0 aliphatic carbocycles. The molecular formula is C11H12N4O2. The number of hydrogen-bond donors (Lipinski definition) is 3. The highest BCUT2D eigenvalue weighted by Gasteiger charge is 2.11. The van der Waals surface area contributed by atoms with E-state index in [0.29, 0.717) is 0 Å². The van der Waals surface area contributed by atoms with Gasteiger partial charge in [0.25, 0.3) is 5.56 Å². The lowest BCUT2D eigenvalue weighted by Crippen LogP contribution is -2.29. The zero-order valence-corrected chi connectivity index (χ0v) is 9.23. The lowest BCUT2D eigenvalue weighted by Gasteiger charge is -2.19. The molecule has 1 aromatic heterocycles. The van der Waals surface area contributed by atoms with Crippen molar-refractivity contribution in [1.82, 2.24) is 9.97 Å². The number of aromatic amines is 2. The molecule has 17 heavy (non-hydrogen) atoms. The average molecular weight is 232 g/mol. The Labute approximate surface area is 96.7 Å². The van der Waals surface area contributed by atoms with Crippen LogP contribution in [0.5, 0.6) is 0 Å². The summed E-state index contributed by atoms with van der Waals surface area (Å²) in [6.07, 6.45) is 0. The van der Waals surface area contributed by atoms with Gasteiger partial charge in [-0.1, -0.05) is 18.2 Å². The van der Waals surface area contributed by atoms with E-state index in [1.165, 1.54) is 0 Å². The van der Waals surface area contributed by atoms with Gasteiger partial charge >= 0.3 is 5.69 Å². The summed E-state index contributed by atoms with van der Waals surface area (Å²) < 4.78 is 0. The van der Waals surface area contributed by atoms with Crippen LogP contribution in [0.2, 0.25) is 0 Å². The van der Waals surface area contributed by atoms with E-state index in [1.807, 2.05) is 30.3 Å². The fraction of sp³-hybridized carbons (Fsp3) is 0.0909. The molecule has 0 amide bonds. The summed E-state index contributed by atoms with van der Waals surface area (Å²) in [6, 6.07) is 9.28. The topological polar surface area (TPSA) is 95.0 Å². The molecule has 2 aromatic rings. The summed E-state index contributed by atoms with van der Waals surface area (Å²) in [5, 5.41) is 0. The first-order chi connectivity index (χ1) is 8.09. The van der Waals surface area contributed by atoms with Crippen molar-refractivity contribution in [2.45, 2.75) is 0 Å². The third-order valence-electron chi connectivity index (χ3n) is 2.44. The number of nitrogen functional groups attached to an aromatic ring is 1. The molecular weight excluding hydrogens is 220 g/mol. The SMILES string of the molecule is CN(c1ccccc1)c1[nH]c(=O)[nH]c(=O)c1N. The molecule has 1 heterocycles. The quantitative estimate of drug-likeness (QED) is 0.699. The van der Waals surface area contributed by atoms with Gasteiger partial charge in [-0.3, -0.25) is 14.8 Å². The summed E-state index contributed by atoms with van der Waals surface area (Å²) in [4.78, 5) is 28.8. The highest BCUT2D eigenvalue weighted by atomic mass is 16.2. The predicted octanol–water partition coefficient (Wildman–Crippen LogP) is 0.413. The molecule has 0 fully saturated rings. The maximum Gasteiger partial charge on any atom is 0.327 e. The van der Waals surface area contributed by atoms with Crippen LogP contribution in [0.15, 0.2) is 39.9 Å². The number of benzene rings is 1. The first-order valence-corrected chi connectivity index (χ1v) is 5.00. The minimum Gasteiger partial charge on any atom is -0.391 e. The number of aromatic nitrogens is 2. The number of nitrogens with zero attached hydrogens (tertiary/aromatic N) is 1. The third-order valence-corrected chi connectivity index (χ3v) is 2.44. The molecule has 0 radical (unpaired) electrons. The maximum absolute atomic E-state index is 11.4. The smallest absolute Gasteiger partial charge is 0.327 e. The van der Waals surface area contributed by atoms with Crippen molar-refractivity contribution in [3.05, 3.63) is 51.2 Å². The van der Waals surface area contributed by atoms with Gasteiger partial charge in [0, 0.05) is 12.7 Å². The highest BCUT2D eigenvalue weighted by Crippen LogP contribution is 2.22. The van der Waals surface area contributed by atoms with Crippen LogP contribution in [-0.2, 0) is 0 Å². The summed E-state index contributed by atoms with van der Waals surface area (Å²) in [5.74, 6) is 0.282. The summed E-state index contributed by atoms with van der Waals surface area (Å²) in [7, 11) is 1.72. The molecule has 0 bridgehead atoms. The van der Waals surface area contributed by atoms with Gasteiger partial charge in [0.15, 0.2) is 0 Å². The van der Waals surface area contributed by atoms with Crippen molar-refractivity contribution in [3.8, 4) is 0 Å². The van der Waals surface area contributed by atoms with E-state index in [0.717, 1.165) is 5.69 Å². The summed E-state index contributed by atoms with van der Waals surface area (Å²) in [6.45, 7) is 0. The number of nitrogens with two attached hydrogens (primary N) is 1. The number of anilines is 3. The van der Waals surface area contributed by atoms with Gasteiger partial charge in [-0.05, 0) is 12.1 Å². The van der Waals surface area contributed by atoms with Crippen molar-refractivity contribution in [3.63, 3.8) is 0 Å². The van der Waals surface area contributed by atoms with E-state index in [4.69, 9.17) is 5.73 Å². The maximum atomic E-state index is 11.4. The zero-order valence-electron chi connectivity index (χ0n) is 9.23. The van der Waals surface area contributed by atoms with Crippen LogP contribution in [0.25, 0.3) is 0 Å². The monoisotopic (exact) mass is 232 g/mol. The number of nitrogens with one attached hydrogen (secondary N) is 2. The first-order valence-electron chi connectivity index (χ1n) is 5.00. The Morgan fingerprint density at radius 1 is 1.12 bits per heavy atom. The standard InChI is InChI=1S/C11H12N4O2/c1-15(7-5-3-2-4-6-7)9-8(12)10(16)14-11(17)13-9/h2-6H,12H2,1H3,(H2,13,14,16,17). The molecule has 0 aliphatic rings. The Morgan fingerprint density at radius 3 is 2.41 bits per heavy atom. The van der Waals surface area contributed by atoms with Gasteiger partial charge in [0.05, 0.1) is 0 Å². The Morgan fingerprint density at radius 2 is 1.76 bits per heavy atom. The van der Waals surface area contributed by atoms with Crippen LogP contribution in [-0.4, -0.2) is 17.0 Å². The lowest BCUT2D eigenvalue weighted by molar-refractivity contribution is 1.00. The Hall–Kier alpha value is -2.50. The predicted molar refractivity (Wildman–Crippen MR) is 66.6 cm³/mol. The van der Waals surface area contributed by atoms with E-state index in [2.05, 4.69) is 9.97 Å². The molecule has 6 heteroatoms. The first kappa shape index (κ1) is 11.0. The van der Waals surface area contributed by atoms with Crippen LogP contribution < -0.4 is 21.9 Å². The molecule has 88 valence electrons. The number of H-pyrrole nitrogens is 2. The van der Waals surface area contributed by atoms with Crippen molar-refractivity contribution < 1.29 is 0 Å². The molecule has 0 aliphatic heterocycles. The van der Waals surface area contributed by atoms with Gasteiger partial charge in [0.1, 0.15) is 11.5 Å². The van der Waals surface area contributed by atoms with Gasteiger partial charge in [-0.25, -0.2) is 4.79 Å². The lowest BCUT2D eigenvalue weighted by atomic mass is 10.3. The van der Waals surface area contributed by atoms with Crippen LogP contribution in [0.1, 0.15) is 0 Å². The molecule has 0 saturated carbocycles. The number of hydrogen-bond acceptors (Lipinski definition) is 4. The molecule has 0 spiro atoms. The van der Waals surface area contributed by atoms with E-state index < -0.39 is 11.2 Å². The number of rotatable bonds is 2. The second kappa shape index (κ2) is 4.17.